The molecule has 100 valence electrons. The van der Waals surface area contributed by atoms with Crippen LogP contribution in [0.5, 0.6) is 0 Å². The number of nitrogens with zero attached hydrogens (tertiary/aromatic N) is 1. The largest absolute Gasteiger partial charge is 0.494 e. The molecule has 2 aromatic rings. The van der Waals surface area contributed by atoms with Crippen molar-refractivity contribution in [1.29, 1.82) is 0 Å². The molecule has 0 spiro atoms. The van der Waals surface area contributed by atoms with E-state index in [-0.39, 0.29) is 5.60 Å². The van der Waals surface area contributed by atoms with Crippen LogP contribution in [0, 0.1) is 0 Å². The maximum atomic E-state index is 11.5. The highest BCUT2D eigenvalue weighted by atomic mass is 35.5. The monoisotopic (exact) mass is 281 g/mol. The number of hydrogen-bond donors (Lipinski definition) is 0. The first-order valence-electron chi connectivity index (χ1n) is 5.96. The number of aryl methyl sites for hydroxylation is 1. The standard InChI is InChI=1S/C12H13BClNO4/c1-12(2)6-17-13(19-12)7-4-8(14)10-9(5-7)15(3)11(16)18-10/h4-5H,6H2,1-3H3. The molecule has 0 bridgehead atoms. The van der Waals surface area contributed by atoms with E-state index in [4.69, 9.17) is 25.3 Å². The quantitative estimate of drug-likeness (QED) is 0.740. The van der Waals surface area contributed by atoms with E-state index in [2.05, 4.69) is 0 Å². The molecule has 2 heterocycles. The van der Waals surface area contributed by atoms with Crippen molar-refractivity contribution < 1.29 is 13.7 Å². The van der Waals surface area contributed by atoms with E-state index in [9.17, 15) is 4.79 Å². The van der Waals surface area contributed by atoms with Crippen LogP contribution >= 0.6 is 11.6 Å². The molecule has 0 aliphatic carbocycles. The second-order valence-corrected chi connectivity index (χ2v) is 5.71. The molecule has 5 nitrogen and oxygen atoms in total. The fourth-order valence-electron chi connectivity index (χ4n) is 2.14. The summed E-state index contributed by atoms with van der Waals surface area (Å²) >= 11 is 6.14. The van der Waals surface area contributed by atoms with Gasteiger partial charge in [0.2, 0.25) is 0 Å². The van der Waals surface area contributed by atoms with Crippen molar-refractivity contribution in [2.75, 3.05) is 6.61 Å². The van der Waals surface area contributed by atoms with Crippen LogP contribution in [0.1, 0.15) is 13.8 Å². The molecule has 1 aliphatic heterocycles. The van der Waals surface area contributed by atoms with Crippen LogP contribution in [0.25, 0.3) is 11.1 Å². The van der Waals surface area contributed by atoms with Crippen LogP contribution in [0.3, 0.4) is 0 Å². The summed E-state index contributed by atoms with van der Waals surface area (Å²) < 4.78 is 17.9. The highest BCUT2D eigenvalue weighted by molar-refractivity contribution is 6.62. The molecule has 1 aliphatic rings. The van der Waals surface area contributed by atoms with E-state index < -0.39 is 12.9 Å². The molecule has 0 N–H and O–H groups in total. The summed E-state index contributed by atoms with van der Waals surface area (Å²) in [5.41, 5.74) is 1.47. The normalized spacial score (nSPS) is 18.4. The third-order valence-corrected chi connectivity index (χ3v) is 3.43. The summed E-state index contributed by atoms with van der Waals surface area (Å²) in [6.07, 6.45) is 0. The topological polar surface area (TPSA) is 53.6 Å². The fourth-order valence-corrected chi connectivity index (χ4v) is 2.40. The van der Waals surface area contributed by atoms with Crippen LogP contribution < -0.4 is 11.2 Å². The van der Waals surface area contributed by atoms with Crippen LogP contribution in [0.2, 0.25) is 5.02 Å². The summed E-state index contributed by atoms with van der Waals surface area (Å²) in [4.78, 5) is 11.5. The molecule has 0 radical (unpaired) electrons. The molecule has 1 aromatic heterocycles. The van der Waals surface area contributed by atoms with Gasteiger partial charge in [0, 0.05) is 7.05 Å². The van der Waals surface area contributed by atoms with Crippen molar-refractivity contribution in [2.24, 2.45) is 7.05 Å². The number of rotatable bonds is 1. The Hall–Kier alpha value is -1.24. The van der Waals surface area contributed by atoms with Crippen LogP contribution in [0.4, 0.5) is 0 Å². The van der Waals surface area contributed by atoms with Gasteiger partial charge in [0.1, 0.15) is 0 Å². The maximum Gasteiger partial charge on any atom is 0.494 e. The molecule has 3 rings (SSSR count). The van der Waals surface area contributed by atoms with Crippen molar-refractivity contribution in [3.8, 4) is 0 Å². The fraction of sp³-hybridized carbons (Fsp3) is 0.417. The summed E-state index contributed by atoms with van der Waals surface area (Å²) in [5, 5.41) is 0.377. The number of halogens is 1. The highest BCUT2D eigenvalue weighted by Crippen LogP contribution is 2.24. The molecule has 1 saturated heterocycles. The summed E-state index contributed by atoms with van der Waals surface area (Å²) in [6.45, 7) is 4.43. The first-order chi connectivity index (χ1) is 8.87. The van der Waals surface area contributed by atoms with E-state index >= 15 is 0 Å². The molecule has 1 aromatic carbocycles. The van der Waals surface area contributed by atoms with Gasteiger partial charge in [-0.25, -0.2) is 4.79 Å². The van der Waals surface area contributed by atoms with Gasteiger partial charge in [0.05, 0.1) is 22.7 Å². The van der Waals surface area contributed by atoms with Gasteiger partial charge in [-0.15, -0.1) is 0 Å². The molecular formula is C12H13BClNO4. The minimum atomic E-state index is -0.470. The molecule has 19 heavy (non-hydrogen) atoms. The summed E-state index contributed by atoms with van der Waals surface area (Å²) in [6, 6.07) is 3.51. The SMILES string of the molecule is Cn1c(=O)oc2c(Cl)cc(B3OCC(C)(C)O3)cc21. The summed E-state index contributed by atoms with van der Waals surface area (Å²) in [7, 11) is 1.16. The predicted molar refractivity (Wildman–Crippen MR) is 73.0 cm³/mol. The third kappa shape index (κ3) is 2.10. The van der Waals surface area contributed by atoms with Gasteiger partial charge < -0.3 is 13.7 Å². The molecule has 0 amide bonds. The number of hydrogen-bond acceptors (Lipinski definition) is 4. The van der Waals surface area contributed by atoms with Gasteiger partial charge in [-0.05, 0) is 31.4 Å². The Kier molecular flexibility index (Phi) is 2.78. The molecule has 0 atom stereocenters. The first-order valence-corrected chi connectivity index (χ1v) is 6.33. The average molecular weight is 282 g/mol. The maximum absolute atomic E-state index is 11.5. The lowest BCUT2D eigenvalue weighted by molar-refractivity contribution is 0.137. The summed E-state index contributed by atoms with van der Waals surface area (Å²) in [5.74, 6) is -0.442. The number of oxazole rings is 1. The van der Waals surface area contributed by atoms with Gasteiger partial charge in [-0.1, -0.05) is 11.6 Å². The van der Waals surface area contributed by atoms with E-state index in [1.54, 1.807) is 19.2 Å². The van der Waals surface area contributed by atoms with Crippen LogP contribution in [0.15, 0.2) is 21.3 Å². The average Bonchev–Trinajstić information content (AvgIpc) is 2.83. The number of benzene rings is 1. The zero-order valence-corrected chi connectivity index (χ0v) is 11.7. The molecule has 7 heteroatoms. The molecular weight excluding hydrogens is 268 g/mol. The Morgan fingerprint density at radius 2 is 2.16 bits per heavy atom. The smallest absolute Gasteiger partial charge is 0.406 e. The van der Waals surface area contributed by atoms with Crippen molar-refractivity contribution in [3.05, 3.63) is 27.7 Å². The second-order valence-electron chi connectivity index (χ2n) is 5.30. The van der Waals surface area contributed by atoms with Crippen LogP contribution in [-0.4, -0.2) is 23.9 Å². The van der Waals surface area contributed by atoms with E-state index in [1.165, 1.54) is 4.57 Å². The van der Waals surface area contributed by atoms with Gasteiger partial charge in [-0.2, -0.15) is 0 Å². The van der Waals surface area contributed by atoms with Crippen molar-refractivity contribution in [2.45, 2.75) is 19.4 Å². The Labute approximate surface area is 115 Å². The third-order valence-electron chi connectivity index (χ3n) is 3.15. The number of fused-ring (bicyclic) bond motifs is 1. The van der Waals surface area contributed by atoms with Gasteiger partial charge >= 0.3 is 12.9 Å². The van der Waals surface area contributed by atoms with E-state index in [0.717, 1.165) is 5.46 Å². The minimum absolute atomic E-state index is 0.325. The second kappa shape index (κ2) is 4.13. The van der Waals surface area contributed by atoms with Gasteiger partial charge in [0.15, 0.2) is 5.58 Å². The van der Waals surface area contributed by atoms with Crippen molar-refractivity contribution in [1.82, 2.24) is 4.57 Å². The lowest BCUT2D eigenvalue weighted by atomic mass is 9.79. The van der Waals surface area contributed by atoms with Gasteiger partial charge in [-0.3, -0.25) is 4.57 Å². The number of aromatic nitrogens is 1. The van der Waals surface area contributed by atoms with E-state index in [1.807, 2.05) is 13.8 Å². The Bertz CT molecular complexity index is 706. The zero-order valence-electron chi connectivity index (χ0n) is 10.9. The molecule has 0 unspecified atom stereocenters. The molecule has 0 saturated carbocycles. The lowest BCUT2D eigenvalue weighted by Crippen LogP contribution is -2.34. The van der Waals surface area contributed by atoms with Crippen molar-refractivity contribution >= 4 is 35.3 Å². The predicted octanol–water partition coefficient (Wildman–Crippen LogP) is 1.31. The van der Waals surface area contributed by atoms with Gasteiger partial charge in [0.25, 0.3) is 0 Å². The highest BCUT2D eigenvalue weighted by Gasteiger charge is 2.38. The first kappa shape index (κ1) is 12.8. The minimum Gasteiger partial charge on any atom is -0.406 e. The Balaban J connectivity index is 2.11. The molecule has 1 fully saturated rings. The Morgan fingerprint density at radius 3 is 2.79 bits per heavy atom. The lowest BCUT2D eigenvalue weighted by Gasteiger charge is -2.15. The van der Waals surface area contributed by atoms with Crippen molar-refractivity contribution in [3.63, 3.8) is 0 Å². The zero-order chi connectivity index (χ0) is 13.8. The Morgan fingerprint density at radius 1 is 1.42 bits per heavy atom. The van der Waals surface area contributed by atoms with E-state index in [0.29, 0.717) is 22.7 Å². The van der Waals surface area contributed by atoms with Crippen LogP contribution in [-0.2, 0) is 16.4 Å².